The molecule has 2 heterocycles. The lowest BCUT2D eigenvalue weighted by atomic mass is 10.2. The fraction of sp³-hybridized carbons (Fsp3) is 0.105. The van der Waals surface area contributed by atoms with Gasteiger partial charge in [-0.1, -0.05) is 12.1 Å². The Kier molecular flexibility index (Phi) is 4.32. The smallest absolute Gasteiger partial charge is 0.273 e. The van der Waals surface area contributed by atoms with Crippen LogP contribution in [0.1, 0.15) is 5.82 Å². The Bertz CT molecular complexity index is 1280. The molecule has 9 nitrogen and oxygen atoms in total. The van der Waals surface area contributed by atoms with E-state index in [2.05, 4.69) is 25.6 Å². The Morgan fingerprint density at radius 3 is 2.46 bits per heavy atom. The predicted octanol–water partition coefficient (Wildman–Crippen LogP) is 1.42. The van der Waals surface area contributed by atoms with Gasteiger partial charge in [-0.15, -0.1) is 0 Å². The van der Waals surface area contributed by atoms with E-state index in [1.807, 2.05) is 6.92 Å². The zero-order valence-electron chi connectivity index (χ0n) is 14.9. The first kappa shape index (κ1) is 17.4. The molecule has 4 rings (SSSR count). The number of hydrogen-bond donors (Lipinski definition) is 3. The molecule has 0 saturated heterocycles. The lowest BCUT2D eigenvalue weighted by molar-refractivity contribution is -0.117. The average molecular weight is 376 g/mol. The third kappa shape index (κ3) is 3.32. The van der Waals surface area contributed by atoms with Crippen LogP contribution in [0.5, 0.6) is 0 Å². The van der Waals surface area contributed by atoms with Gasteiger partial charge >= 0.3 is 0 Å². The van der Waals surface area contributed by atoms with Crippen LogP contribution in [0, 0.1) is 6.92 Å². The molecule has 9 heteroatoms. The molecule has 0 bridgehead atoms. The van der Waals surface area contributed by atoms with Crippen LogP contribution in [-0.2, 0) is 11.3 Å². The Labute approximate surface area is 158 Å². The van der Waals surface area contributed by atoms with E-state index >= 15 is 0 Å². The number of hydrogen-bond acceptors (Lipinski definition) is 5. The van der Waals surface area contributed by atoms with Crippen molar-refractivity contribution >= 4 is 22.4 Å². The van der Waals surface area contributed by atoms with Gasteiger partial charge in [0.1, 0.15) is 12.4 Å². The van der Waals surface area contributed by atoms with E-state index in [-0.39, 0.29) is 11.9 Å². The minimum atomic E-state index is -0.436. The molecule has 3 N–H and O–H groups in total. The second kappa shape index (κ2) is 6.95. The van der Waals surface area contributed by atoms with Crippen molar-refractivity contribution in [1.29, 1.82) is 0 Å². The number of carbonyl (C=O) groups excluding carboxylic acids is 1. The summed E-state index contributed by atoms with van der Waals surface area (Å²) < 4.78 is 1.00. The molecular weight excluding hydrogens is 360 g/mol. The van der Waals surface area contributed by atoms with Crippen LogP contribution >= 0.6 is 0 Å². The summed E-state index contributed by atoms with van der Waals surface area (Å²) in [4.78, 5) is 41.1. The van der Waals surface area contributed by atoms with Crippen LogP contribution in [0.3, 0.4) is 0 Å². The van der Waals surface area contributed by atoms with Gasteiger partial charge in [-0.2, -0.15) is 5.10 Å². The maximum atomic E-state index is 12.5. The molecule has 2 aromatic carbocycles. The Hall–Kier alpha value is -4.01. The van der Waals surface area contributed by atoms with Crippen molar-refractivity contribution in [3.8, 4) is 11.4 Å². The minimum Gasteiger partial charge on any atom is -0.324 e. The van der Waals surface area contributed by atoms with Gasteiger partial charge in [0.15, 0.2) is 5.82 Å². The maximum Gasteiger partial charge on any atom is 0.273 e. The quantitative estimate of drug-likeness (QED) is 0.497. The maximum absolute atomic E-state index is 12.5. The zero-order valence-corrected chi connectivity index (χ0v) is 14.9. The molecule has 0 fully saturated rings. The highest BCUT2D eigenvalue weighted by Gasteiger charge is 2.11. The zero-order chi connectivity index (χ0) is 19.7. The fourth-order valence-corrected chi connectivity index (χ4v) is 2.88. The summed E-state index contributed by atoms with van der Waals surface area (Å²) in [5.74, 6) is 0.840. The summed E-state index contributed by atoms with van der Waals surface area (Å²) >= 11 is 0. The molecule has 0 aliphatic carbocycles. The molecule has 4 aromatic rings. The molecule has 0 spiro atoms. The lowest BCUT2D eigenvalue weighted by Gasteiger charge is -2.08. The first-order chi connectivity index (χ1) is 13.5. The highest BCUT2D eigenvalue weighted by Crippen LogP contribution is 2.17. The van der Waals surface area contributed by atoms with Crippen LogP contribution < -0.4 is 16.4 Å². The number of nitrogens with one attached hydrogen (secondary N) is 3. The number of fused-ring (bicyclic) bond motifs is 1. The molecule has 2 aromatic heterocycles. The number of nitrogens with zero attached hydrogens (tertiary/aromatic N) is 3. The Morgan fingerprint density at radius 1 is 1.07 bits per heavy atom. The lowest BCUT2D eigenvalue weighted by Crippen LogP contribution is -2.34. The van der Waals surface area contributed by atoms with Crippen molar-refractivity contribution in [1.82, 2.24) is 25.0 Å². The second-order valence-corrected chi connectivity index (χ2v) is 6.25. The second-order valence-electron chi connectivity index (χ2n) is 6.25. The largest absolute Gasteiger partial charge is 0.324 e. The van der Waals surface area contributed by atoms with Crippen molar-refractivity contribution in [2.75, 3.05) is 5.32 Å². The molecule has 0 atom stereocenters. The molecule has 0 unspecified atom stereocenters. The normalized spacial score (nSPS) is 10.9. The van der Waals surface area contributed by atoms with Gasteiger partial charge < -0.3 is 5.32 Å². The van der Waals surface area contributed by atoms with Gasteiger partial charge in [0.05, 0.1) is 10.8 Å². The minimum absolute atomic E-state index is 0.269. The van der Waals surface area contributed by atoms with E-state index in [1.165, 1.54) is 0 Å². The van der Waals surface area contributed by atoms with Crippen molar-refractivity contribution in [3.05, 3.63) is 75.1 Å². The van der Waals surface area contributed by atoms with Crippen LogP contribution in [0.25, 0.3) is 22.2 Å². The fourth-order valence-electron chi connectivity index (χ4n) is 2.88. The first-order valence-electron chi connectivity index (χ1n) is 8.52. The number of carbonyl (C=O) groups is 1. The molecule has 1 amide bonds. The summed E-state index contributed by atoms with van der Waals surface area (Å²) in [6.07, 6.45) is 0. The molecule has 0 saturated carbocycles. The van der Waals surface area contributed by atoms with E-state index in [0.717, 1.165) is 10.2 Å². The van der Waals surface area contributed by atoms with Crippen molar-refractivity contribution < 1.29 is 4.79 Å². The van der Waals surface area contributed by atoms with Crippen LogP contribution in [0.4, 0.5) is 5.69 Å². The molecule has 140 valence electrons. The van der Waals surface area contributed by atoms with E-state index in [9.17, 15) is 14.4 Å². The number of aryl methyl sites for hydroxylation is 1. The number of aromatic amines is 2. The number of rotatable bonds is 4. The summed E-state index contributed by atoms with van der Waals surface area (Å²) in [5, 5.41) is 12.5. The number of benzene rings is 2. The standard InChI is InChI=1S/C19H16N6O3/c1-11-20-17(23-22-11)12-6-8-13(9-7-12)21-16(26)10-25-19(28)15-5-3-2-4-14(15)18(27)24-25/h2-9H,10H2,1H3,(H,21,26)(H,24,27)(H,20,22,23). The summed E-state index contributed by atoms with van der Waals surface area (Å²) in [6, 6.07) is 13.5. The summed E-state index contributed by atoms with van der Waals surface area (Å²) in [6.45, 7) is 1.50. The van der Waals surface area contributed by atoms with Gasteiger partial charge in [0, 0.05) is 11.3 Å². The van der Waals surface area contributed by atoms with Crippen LogP contribution in [0.2, 0.25) is 0 Å². The van der Waals surface area contributed by atoms with Gasteiger partial charge in [-0.3, -0.25) is 24.6 Å². The third-order valence-electron chi connectivity index (χ3n) is 4.21. The van der Waals surface area contributed by atoms with Gasteiger partial charge in [-0.25, -0.2) is 9.67 Å². The van der Waals surface area contributed by atoms with E-state index in [1.54, 1.807) is 48.5 Å². The van der Waals surface area contributed by atoms with E-state index in [0.29, 0.717) is 22.7 Å². The van der Waals surface area contributed by atoms with Gasteiger partial charge in [0.25, 0.3) is 11.1 Å². The highest BCUT2D eigenvalue weighted by molar-refractivity contribution is 5.91. The molecule has 0 aliphatic heterocycles. The number of aromatic nitrogens is 5. The Morgan fingerprint density at radius 2 is 1.79 bits per heavy atom. The SMILES string of the molecule is Cc1nc(-c2ccc(NC(=O)Cn3[nH]c(=O)c4ccccc4c3=O)cc2)n[nH]1. The van der Waals surface area contributed by atoms with Crippen molar-refractivity contribution in [2.24, 2.45) is 0 Å². The van der Waals surface area contributed by atoms with Crippen molar-refractivity contribution in [2.45, 2.75) is 13.5 Å². The highest BCUT2D eigenvalue weighted by atomic mass is 16.2. The van der Waals surface area contributed by atoms with E-state index in [4.69, 9.17) is 0 Å². The topological polar surface area (TPSA) is 126 Å². The van der Waals surface area contributed by atoms with Crippen molar-refractivity contribution in [3.63, 3.8) is 0 Å². The average Bonchev–Trinajstić information content (AvgIpc) is 3.13. The Balaban J connectivity index is 1.52. The van der Waals surface area contributed by atoms with Gasteiger partial charge in [-0.05, 0) is 43.3 Å². The van der Waals surface area contributed by atoms with E-state index < -0.39 is 17.0 Å². The summed E-state index contributed by atoms with van der Waals surface area (Å²) in [5.41, 5.74) is 0.504. The third-order valence-corrected chi connectivity index (χ3v) is 4.21. The number of amides is 1. The number of anilines is 1. The molecule has 0 aliphatic rings. The molecular formula is C19H16N6O3. The predicted molar refractivity (Wildman–Crippen MR) is 104 cm³/mol. The number of H-pyrrole nitrogens is 2. The van der Waals surface area contributed by atoms with Crippen LogP contribution in [0.15, 0.2) is 58.1 Å². The monoisotopic (exact) mass is 376 g/mol. The summed E-state index contributed by atoms with van der Waals surface area (Å²) in [7, 11) is 0. The molecule has 28 heavy (non-hydrogen) atoms. The van der Waals surface area contributed by atoms with Crippen LogP contribution in [-0.4, -0.2) is 30.9 Å². The molecule has 0 radical (unpaired) electrons. The van der Waals surface area contributed by atoms with Gasteiger partial charge in [0.2, 0.25) is 5.91 Å². The first-order valence-corrected chi connectivity index (χ1v) is 8.52.